The van der Waals surface area contributed by atoms with E-state index >= 15 is 0 Å². The lowest BCUT2D eigenvalue weighted by molar-refractivity contribution is 0.101. The molecule has 108 valence electrons. The summed E-state index contributed by atoms with van der Waals surface area (Å²) in [6.07, 6.45) is 6.66. The van der Waals surface area contributed by atoms with E-state index in [-0.39, 0.29) is 0 Å². The van der Waals surface area contributed by atoms with Gasteiger partial charge in [-0.15, -0.1) is 0 Å². The summed E-state index contributed by atoms with van der Waals surface area (Å²) in [6, 6.07) is 0.741. The van der Waals surface area contributed by atoms with E-state index in [0.29, 0.717) is 5.41 Å². The standard InChI is InChI=1S/C16H33NO/c1-6-17-15-10-9-14(16(2,3)4)12-13(15)8-7-11-18-5/h13-15,17H,6-12H2,1-5H3. The summed E-state index contributed by atoms with van der Waals surface area (Å²) >= 11 is 0. The van der Waals surface area contributed by atoms with Crippen LogP contribution in [0.2, 0.25) is 0 Å². The van der Waals surface area contributed by atoms with Gasteiger partial charge in [-0.3, -0.25) is 0 Å². The highest BCUT2D eigenvalue weighted by Crippen LogP contribution is 2.41. The van der Waals surface area contributed by atoms with Crippen molar-refractivity contribution in [3.8, 4) is 0 Å². The van der Waals surface area contributed by atoms with Crippen LogP contribution in [0.3, 0.4) is 0 Å². The van der Waals surface area contributed by atoms with Gasteiger partial charge in [-0.05, 0) is 55.9 Å². The highest BCUT2D eigenvalue weighted by molar-refractivity contribution is 4.88. The highest BCUT2D eigenvalue weighted by atomic mass is 16.5. The van der Waals surface area contributed by atoms with E-state index in [4.69, 9.17) is 4.74 Å². The lowest BCUT2D eigenvalue weighted by Crippen LogP contribution is -2.43. The Kier molecular flexibility index (Phi) is 6.65. The third-order valence-corrected chi connectivity index (χ3v) is 4.60. The van der Waals surface area contributed by atoms with Crippen LogP contribution >= 0.6 is 0 Å². The first-order chi connectivity index (χ1) is 8.49. The van der Waals surface area contributed by atoms with Gasteiger partial charge in [0, 0.05) is 19.8 Å². The highest BCUT2D eigenvalue weighted by Gasteiger charge is 2.35. The molecule has 18 heavy (non-hydrogen) atoms. The molecule has 0 saturated heterocycles. The molecule has 0 amide bonds. The molecule has 0 radical (unpaired) electrons. The molecule has 1 aliphatic carbocycles. The van der Waals surface area contributed by atoms with Gasteiger partial charge in [-0.25, -0.2) is 0 Å². The van der Waals surface area contributed by atoms with Crippen molar-refractivity contribution in [2.45, 2.75) is 65.8 Å². The zero-order chi connectivity index (χ0) is 13.6. The number of ether oxygens (including phenoxy) is 1. The molecule has 1 saturated carbocycles. The molecule has 1 fully saturated rings. The lowest BCUT2D eigenvalue weighted by Gasteiger charge is -2.42. The van der Waals surface area contributed by atoms with Gasteiger partial charge in [0.2, 0.25) is 0 Å². The predicted molar refractivity (Wildman–Crippen MR) is 78.9 cm³/mol. The Morgan fingerprint density at radius 3 is 2.50 bits per heavy atom. The first-order valence-electron chi connectivity index (χ1n) is 7.71. The molecule has 0 heterocycles. The second-order valence-corrected chi connectivity index (χ2v) is 6.94. The van der Waals surface area contributed by atoms with Crippen LogP contribution in [-0.4, -0.2) is 26.3 Å². The molecule has 1 aliphatic rings. The van der Waals surface area contributed by atoms with Crippen molar-refractivity contribution in [3.63, 3.8) is 0 Å². The normalized spacial score (nSPS) is 29.5. The van der Waals surface area contributed by atoms with Crippen LogP contribution in [0.1, 0.15) is 59.8 Å². The summed E-state index contributed by atoms with van der Waals surface area (Å²) in [6.45, 7) is 11.4. The molecule has 0 aromatic heterocycles. The topological polar surface area (TPSA) is 21.3 Å². The quantitative estimate of drug-likeness (QED) is 0.728. The minimum absolute atomic E-state index is 0.469. The van der Waals surface area contributed by atoms with Crippen LogP contribution in [-0.2, 0) is 4.74 Å². The van der Waals surface area contributed by atoms with Crippen molar-refractivity contribution in [2.75, 3.05) is 20.3 Å². The van der Waals surface area contributed by atoms with Crippen molar-refractivity contribution in [1.82, 2.24) is 5.32 Å². The van der Waals surface area contributed by atoms with Crippen LogP contribution in [0.15, 0.2) is 0 Å². The molecular formula is C16H33NO. The van der Waals surface area contributed by atoms with Gasteiger partial charge in [0.05, 0.1) is 0 Å². The van der Waals surface area contributed by atoms with Crippen LogP contribution in [0.5, 0.6) is 0 Å². The van der Waals surface area contributed by atoms with Gasteiger partial charge in [0.1, 0.15) is 0 Å². The molecule has 0 spiro atoms. The van der Waals surface area contributed by atoms with Crippen LogP contribution in [0, 0.1) is 17.3 Å². The van der Waals surface area contributed by atoms with Crippen molar-refractivity contribution in [1.29, 1.82) is 0 Å². The van der Waals surface area contributed by atoms with Gasteiger partial charge in [0.15, 0.2) is 0 Å². The SMILES string of the molecule is CCNC1CCC(C(C)(C)C)CC1CCCOC. The first-order valence-corrected chi connectivity index (χ1v) is 7.71. The average molecular weight is 255 g/mol. The minimum atomic E-state index is 0.469. The molecule has 2 nitrogen and oxygen atoms in total. The van der Waals surface area contributed by atoms with E-state index in [9.17, 15) is 0 Å². The summed E-state index contributed by atoms with van der Waals surface area (Å²) in [5.41, 5.74) is 0.469. The number of hydrogen-bond acceptors (Lipinski definition) is 2. The fraction of sp³-hybridized carbons (Fsp3) is 1.00. The monoisotopic (exact) mass is 255 g/mol. The van der Waals surface area contributed by atoms with Crippen LogP contribution < -0.4 is 5.32 Å². The van der Waals surface area contributed by atoms with E-state index < -0.39 is 0 Å². The Morgan fingerprint density at radius 1 is 1.22 bits per heavy atom. The molecule has 1 rings (SSSR count). The van der Waals surface area contributed by atoms with Gasteiger partial charge >= 0.3 is 0 Å². The number of hydrogen-bond donors (Lipinski definition) is 1. The molecule has 0 aromatic rings. The van der Waals surface area contributed by atoms with E-state index in [1.54, 1.807) is 7.11 Å². The molecule has 2 heteroatoms. The summed E-state index contributed by atoms with van der Waals surface area (Å²) < 4.78 is 5.20. The summed E-state index contributed by atoms with van der Waals surface area (Å²) in [5.74, 6) is 1.73. The number of methoxy groups -OCH3 is 1. The summed E-state index contributed by atoms with van der Waals surface area (Å²) in [7, 11) is 1.81. The van der Waals surface area contributed by atoms with Gasteiger partial charge in [-0.2, -0.15) is 0 Å². The first kappa shape index (κ1) is 16.0. The van der Waals surface area contributed by atoms with Crippen molar-refractivity contribution < 1.29 is 4.74 Å². The van der Waals surface area contributed by atoms with Gasteiger partial charge < -0.3 is 10.1 Å². The fourth-order valence-corrected chi connectivity index (χ4v) is 3.39. The number of rotatable bonds is 6. The maximum atomic E-state index is 5.20. The maximum absolute atomic E-state index is 5.20. The number of nitrogens with one attached hydrogen (secondary N) is 1. The molecule has 3 unspecified atom stereocenters. The maximum Gasteiger partial charge on any atom is 0.0462 e. The average Bonchev–Trinajstić information content (AvgIpc) is 2.30. The molecular weight excluding hydrogens is 222 g/mol. The zero-order valence-electron chi connectivity index (χ0n) is 13.1. The zero-order valence-corrected chi connectivity index (χ0v) is 13.1. The van der Waals surface area contributed by atoms with Gasteiger partial charge in [-0.1, -0.05) is 27.7 Å². The molecule has 0 aliphatic heterocycles. The van der Waals surface area contributed by atoms with E-state index in [1.807, 2.05) is 0 Å². The summed E-state index contributed by atoms with van der Waals surface area (Å²) in [5, 5.41) is 3.69. The Labute approximate surface area is 114 Å². The smallest absolute Gasteiger partial charge is 0.0462 e. The third kappa shape index (κ3) is 4.89. The largest absolute Gasteiger partial charge is 0.385 e. The van der Waals surface area contributed by atoms with E-state index in [0.717, 1.165) is 31.0 Å². The fourth-order valence-electron chi connectivity index (χ4n) is 3.39. The van der Waals surface area contributed by atoms with Crippen LogP contribution in [0.25, 0.3) is 0 Å². The summed E-state index contributed by atoms with van der Waals surface area (Å²) in [4.78, 5) is 0. The predicted octanol–water partition coefficient (Wildman–Crippen LogP) is 3.85. The van der Waals surface area contributed by atoms with Gasteiger partial charge in [0.25, 0.3) is 0 Å². The minimum Gasteiger partial charge on any atom is -0.385 e. The third-order valence-electron chi connectivity index (χ3n) is 4.60. The Morgan fingerprint density at radius 2 is 1.94 bits per heavy atom. The molecule has 0 bridgehead atoms. The van der Waals surface area contributed by atoms with E-state index in [1.165, 1.54) is 32.1 Å². The molecule has 3 atom stereocenters. The second kappa shape index (κ2) is 7.49. The van der Waals surface area contributed by atoms with Crippen molar-refractivity contribution in [2.24, 2.45) is 17.3 Å². The molecule has 0 aromatic carbocycles. The Hall–Kier alpha value is -0.0800. The van der Waals surface area contributed by atoms with Crippen molar-refractivity contribution in [3.05, 3.63) is 0 Å². The van der Waals surface area contributed by atoms with E-state index in [2.05, 4.69) is 33.0 Å². The Bertz CT molecular complexity index is 222. The Balaban J connectivity index is 2.52. The van der Waals surface area contributed by atoms with Crippen LogP contribution in [0.4, 0.5) is 0 Å². The lowest BCUT2D eigenvalue weighted by atomic mass is 9.66. The van der Waals surface area contributed by atoms with Crippen molar-refractivity contribution >= 4 is 0 Å². The second-order valence-electron chi connectivity index (χ2n) is 6.94. The molecule has 1 N–H and O–H groups in total.